The third-order valence-corrected chi connectivity index (χ3v) is 5.13. The van der Waals surface area contributed by atoms with E-state index in [1.54, 1.807) is 18.2 Å². The second kappa shape index (κ2) is 8.74. The highest BCUT2D eigenvalue weighted by Gasteiger charge is 2.14. The third-order valence-electron chi connectivity index (χ3n) is 3.84. The molecule has 0 saturated heterocycles. The highest BCUT2D eigenvalue weighted by molar-refractivity contribution is 7.99. The molecule has 0 heterocycles. The molecule has 0 atom stereocenters. The van der Waals surface area contributed by atoms with Gasteiger partial charge in [-0.25, -0.2) is 0 Å². The molecule has 1 aromatic rings. The Morgan fingerprint density at radius 2 is 2.10 bits per heavy atom. The van der Waals surface area contributed by atoms with Crippen LogP contribution < -0.4 is 5.32 Å². The van der Waals surface area contributed by atoms with Crippen LogP contribution in [0.1, 0.15) is 44.1 Å². The molecule has 0 aliphatic heterocycles. The molecule has 1 saturated carbocycles. The van der Waals surface area contributed by atoms with Gasteiger partial charge in [0.25, 0.3) is 0 Å². The van der Waals surface area contributed by atoms with Crippen LogP contribution in [-0.2, 0) is 4.79 Å². The van der Waals surface area contributed by atoms with Crippen molar-refractivity contribution < 1.29 is 4.79 Å². The van der Waals surface area contributed by atoms with Crippen molar-refractivity contribution in [3.8, 4) is 6.07 Å². The quantitative estimate of drug-likeness (QED) is 0.768. The number of thioether (sulfide) groups is 1. The topological polar surface area (TPSA) is 52.9 Å². The van der Waals surface area contributed by atoms with E-state index in [0.29, 0.717) is 17.7 Å². The molecule has 0 unspecified atom stereocenters. The summed E-state index contributed by atoms with van der Waals surface area (Å²) in [5.41, 5.74) is 1.13. The molecule has 112 valence electrons. The Labute approximate surface area is 131 Å². The van der Waals surface area contributed by atoms with Crippen molar-refractivity contribution in [3.05, 3.63) is 29.8 Å². The molecular formula is C17H22N2OS. The molecule has 1 fully saturated rings. The first kappa shape index (κ1) is 15.9. The first-order valence-electron chi connectivity index (χ1n) is 7.66. The second-order valence-corrected chi connectivity index (χ2v) is 6.68. The summed E-state index contributed by atoms with van der Waals surface area (Å²) in [5, 5.41) is 11.8. The smallest absolute Gasteiger partial charge is 0.224 e. The molecule has 0 aromatic heterocycles. The highest BCUT2D eigenvalue weighted by Crippen LogP contribution is 2.28. The van der Waals surface area contributed by atoms with Gasteiger partial charge >= 0.3 is 0 Å². The third kappa shape index (κ3) is 5.43. The normalized spacial score (nSPS) is 14.8. The number of rotatable bonds is 7. The molecule has 1 aromatic carbocycles. The predicted molar refractivity (Wildman–Crippen MR) is 88.3 cm³/mol. The van der Waals surface area contributed by atoms with Gasteiger partial charge in [-0.1, -0.05) is 25.0 Å². The number of nitrogens with zero attached hydrogens (tertiary/aromatic N) is 1. The zero-order valence-corrected chi connectivity index (χ0v) is 13.1. The monoisotopic (exact) mass is 302 g/mol. The fraction of sp³-hybridized carbons (Fsp3) is 0.529. The van der Waals surface area contributed by atoms with Crippen LogP contribution in [0.15, 0.2) is 24.3 Å². The van der Waals surface area contributed by atoms with E-state index in [2.05, 4.69) is 11.4 Å². The summed E-state index contributed by atoms with van der Waals surface area (Å²) in [5.74, 6) is 3.20. The minimum atomic E-state index is -0.000772. The van der Waals surface area contributed by atoms with Crippen molar-refractivity contribution in [1.29, 1.82) is 5.26 Å². The Kier molecular flexibility index (Phi) is 6.62. The maximum absolute atomic E-state index is 11.9. The van der Waals surface area contributed by atoms with Crippen LogP contribution in [-0.4, -0.2) is 17.4 Å². The number of hydrogen-bond acceptors (Lipinski definition) is 3. The van der Waals surface area contributed by atoms with E-state index in [1.807, 2.05) is 17.8 Å². The van der Waals surface area contributed by atoms with E-state index < -0.39 is 0 Å². The van der Waals surface area contributed by atoms with E-state index in [4.69, 9.17) is 5.26 Å². The summed E-state index contributed by atoms with van der Waals surface area (Å²) in [4.78, 5) is 11.9. The fourth-order valence-corrected chi connectivity index (χ4v) is 3.85. The Hall–Kier alpha value is -1.47. The summed E-state index contributed by atoms with van der Waals surface area (Å²) >= 11 is 1.97. The predicted octanol–water partition coefficient (Wildman–Crippen LogP) is 4.20. The largest absolute Gasteiger partial charge is 0.325 e. The zero-order valence-electron chi connectivity index (χ0n) is 12.3. The van der Waals surface area contributed by atoms with Crippen molar-refractivity contribution in [2.45, 2.75) is 38.5 Å². The van der Waals surface area contributed by atoms with Crippen molar-refractivity contribution in [2.24, 2.45) is 5.92 Å². The summed E-state index contributed by atoms with van der Waals surface area (Å²) < 4.78 is 0. The van der Waals surface area contributed by atoms with Crippen molar-refractivity contribution in [3.63, 3.8) is 0 Å². The number of amides is 1. The molecule has 2 rings (SSSR count). The minimum Gasteiger partial charge on any atom is -0.325 e. The minimum absolute atomic E-state index is 0.000772. The van der Waals surface area contributed by atoms with Gasteiger partial charge in [0.15, 0.2) is 0 Å². The SMILES string of the molecule is N#Cc1ccccc1NC(=O)CCCSCC1CCCC1. The summed E-state index contributed by atoms with van der Waals surface area (Å²) in [6.45, 7) is 0. The van der Waals surface area contributed by atoms with Gasteiger partial charge in [-0.2, -0.15) is 17.0 Å². The molecule has 1 aliphatic rings. The average molecular weight is 302 g/mol. The molecular weight excluding hydrogens is 280 g/mol. The van der Waals surface area contributed by atoms with E-state index in [0.717, 1.165) is 18.1 Å². The van der Waals surface area contributed by atoms with Crippen LogP contribution in [0.5, 0.6) is 0 Å². The van der Waals surface area contributed by atoms with Gasteiger partial charge in [-0.05, 0) is 48.8 Å². The molecule has 4 heteroatoms. The lowest BCUT2D eigenvalue weighted by molar-refractivity contribution is -0.116. The number of nitrogens with one attached hydrogen (secondary N) is 1. The Morgan fingerprint density at radius 1 is 1.33 bits per heavy atom. The molecule has 1 aliphatic carbocycles. The number of nitriles is 1. The van der Waals surface area contributed by atoms with Gasteiger partial charge < -0.3 is 5.32 Å². The number of hydrogen-bond donors (Lipinski definition) is 1. The van der Waals surface area contributed by atoms with E-state index in [9.17, 15) is 4.79 Å². The van der Waals surface area contributed by atoms with Gasteiger partial charge in [-0.3, -0.25) is 4.79 Å². The van der Waals surface area contributed by atoms with Crippen molar-refractivity contribution >= 4 is 23.4 Å². The van der Waals surface area contributed by atoms with Crippen LogP contribution in [0, 0.1) is 17.2 Å². The lowest BCUT2D eigenvalue weighted by atomic mass is 10.1. The molecule has 21 heavy (non-hydrogen) atoms. The number of benzene rings is 1. The van der Waals surface area contributed by atoms with E-state index in [1.165, 1.54) is 31.4 Å². The molecule has 1 amide bonds. The number of anilines is 1. The number of para-hydroxylation sites is 1. The lowest BCUT2D eigenvalue weighted by Gasteiger charge is -2.08. The Balaban J connectivity index is 1.62. The molecule has 0 spiro atoms. The molecule has 1 N–H and O–H groups in total. The summed E-state index contributed by atoms with van der Waals surface area (Å²) in [7, 11) is 0. The van der Waals surface area contributed by atoms with E-state index >= 15 is 0 Å². The number of carbonyl (C=O) groups excluding carboxylic acids is 1. The zero-order chi connectivity index (χ0) is 14.9. The second-order valence-electron chi connectivity index (χ2n) is 5.53. The first-order valence-corrected chi connectivity index (χ1v) is 8.82. The van der Waals surface area contributed by atoms with Crippen molar-refractivity contribution in [1.82, 2.24) is 0 Å². The standard InChI is InChI=1S/C17H22N2OS/c18-12-15-8-3-4-9-16(15)19-17(20)10-5-11-21-13-14-6-1-2-7-14/h3-4,8-9,14H,1-2,5-7,10-11,13H2,(H,19,20). The van der Waals surface area contributed by atoms with Crippen LogP contribution in [0.25, 0.3) is 0 Å². The average Bonchev–Trinajstić information content (AvgIpc) is 3.01. The highest BCUT2D eigenvalue weighted by atomic mass is 32.2. The summed E-state index contributed by atoms with van der Waals surface area (Å²) in [6, 6.07) is 9.20. The maximum atomic E-state index is 11.9. The Morgan fingerprint density at radius 3 is 2.86 bits per heavy atom. The van der Waals surface area contributed by atoms with Crippen LogP contribution in [0.3, 0.4) is 0 Å². The van der Waals surface area contributed by atoms with E-state index in [-0.39, 0.29) is 5.91 Å². The first-order chi connectivity index (χ1) is 10.3. The maximum Gasteiger partial charge on any atom is 0.224 e. The van der Waals surface area contributed by atoms with Gasteiger partial charge in [0, 0.05) is 6.42 Å². The van der Waals surface area contributed by atoms with Gasteiger partial charge in [0.2, 0.25) is 5.91 Å². The summed E-state index contributed by atoms with van der Waals surface area (Å²) in [6.07, 6.45) is 6.99. The van der Waals surface area contributed by atoms with Crippen molar-refractivity contribution in [2.75, 3.05) is 16.8 Å². The lowest BCUT2D eigenvalue weighted by Crippen LogP contribution is -2.12. The van der Waals surface area contributed by atoms with Crippen LogP contribution in [0.2, 0.25) is 0 Å². The van der Waals surface area contributed by atoms with Gasteiger partial charge in [0.1, 0.15) is 6.07 Å². The number of carbonyl (C=O) groups is 1. The molecule has 0 bridgehead atoms. The van der Waals surface area contributed by atoms with Crippen LogP contribution >= 0.6 is 11.8 Å². The molecule has 3 nitrogen and oxygen atoms in total. The fourth-order valence-electron chi connectivity index (χ4n) is 2.66. The Bertz CT molecular complexity index is 504. The van der Waals surface area contributed by atoms with Gasteiger partial charge in [0.05, 0.1) is 11.3 Å². The van der Waals surface area contributed by atoms with Gasteiger partial charge in [-0.15, -0.1) is 0 Å². The molecule has 0 radical (unpaired) electrons. The van der Waals surface area contributed by atoms with Crippen LogP contribution in [0.4, 0.5) is 5.69 Å².